The van der Waals surface area contributed by atoms with Crippen LogP contribution in [-0.2, 0) is 14.9 Å². The molecule has 7 heteroatoms. The number of hydrogen-bond acceptors (Lipinski definition) is 5. The molecule has 0 amide bonds. The Morgan fingerprint density at radius 2 is 2.06 bits per heavy atom. The Kier molecular flexibility index (Phi) is 3.23. The van der Waals surface area contributed by atoms with Crippen LogP contribution in [0.25, 0.3) is 0 Å². The van der Waals surface area contributed by atoms with Crippen LogP contribution in [0.5, 0.6) is 0 Å². The number of nitrogens with two attached hydrogens (primary N) is 2. The molecule has 0 bridgehead atoms. The summed E-state index contributed by atoms with van der Waals surface area (Å²) in [6.45, 7) is 1.22. The molecule has 1 aromatic rings. The summed E-state index contributed by atoms with van der Waals surface area (Å²) in [7, 11) is -3.81. The maximum atomic E-state index is 11.5. The number of anilines is 2. The molecule has 0 radical (unpaired) electrons. The first-order valence-corrected chi connectivity index (χ1v) is 6.86. The average molecular weight is 257 g/mol. The van der Waals surface area contributed by atoms with Gasteiger partial charge in [0.15, 0.2) is 0 Å². The molecular weight excluding hydrogens is 242 g/mol. The average Bonchev–Trinajstić information content (AvgIpc) is 2.29. The van der Waals surface area contributed by atoms with Crippen LogP contribution in [0.2, 0.25) is 0 Å². The molecule has 1 aliphatic rings. The highest BCUT2D eigenvalue weighted by molar-refractivity contribution is 7.89. The van der Waals surface area contributed by atoms with E-state index in [0.29, 0.717) is 24.5 Å². The summed E-state index contributed by atoms with van der Waals surface area (Å²) < 4.78 is 23.0. The van der Waals surface area contributed by atoms with Gasteiger partial charge in [-0.05, 0) is 31.0 Å². The molecule has 1 heterocycles. The largest absolute Gasteiger partial charge is 0.399 e. The minimum absolute atomic E-state index is 0.000556. The Bertz CT molecular complexity index is 510. The second kappa shape index (κ2) is 4.52. The lowest BCUT2D eigenvalue weighted by molar-refractivity contribution is 0.0767. The molecule has 0 saturated carbocycles. The number of sulfonamides is 1. The Morgan fingerprint density at radius 1 is 1.29 bits per heavy atom. The van der Waals surface area contributed by atoms with Crippen LogP contribution in [0.1, 0.15) is 12.8 Å². The van der Waals surface area contributed by atoms with E-state index in [1.54, 1.807) is 17.2 Å². The van der Waals surface area contributed by atoms with Gasteiger partial charge in [-0.1, -0.05) is 0 Å². The van der Waals surface area contributed by atoms with E-state index in [4.69, 9.17) is 15.7 Å². The number of hydrogen-bond donors (Lipinski definition) is 2. The van der Waals surface area contributed by atoms with Crippen molar-refractivity contribution in [3.05, 3.63) is 18.2 Å². The third kappa shape index (κ3) is 2.68. The summed E-state index contributed by atoms with van der Waals surface area (Å²) in [5.74, 6) is 0. The third-order valence-electron chi connectivity index (χ3n) is 2.56. The van der Waals surface area contributed by atoms with Gasteiger partial charge in [-0.2, -0.15) is 0 Å². The van der Waals surface area contributed by atoms with Gasteiger partial charge in [-0.15, -0.1) is 0 Å². The van der Waals surface area contributed by atoms with Gasteiger partial charge >= 0.3 is 0 Å². The van der Waals surface area contributed by atoms with Crippen LogP contribution < -0.4 is 15.9 Å². The van der Waals surface area contributed by atoms with Crippen molar-refractivity contribution in [3.8, 4) is 0 Å². The van der Waals surface area contributed by atoms with Crippen LogP contribution in [-0.4, -0.2) is 21.6 Å². The number of nitrogens with zero attached hydrogens (tertiary/aromatic N) is 1. The zero-order valence-corrected chi connectivity index (χ0v) is 10.1. The van der Waals surface area contributed by atoms with Crippen molar-refractivity contribution in [2.24, 2.45) is 5.14 Å². The van der Waals surface area contributed by atoms with Gasteiger partial charge in [0.2, 0.25) is 10.0 Å². The molecule has 94 valence electrons. The number of rotatable bonds is 2. The topological polar surface area (TPSA) is 98.6 Å². The smallest absolute Gasteiger partial charge is 0.240 e. The molecule has 1 aliphatic heterocycles. The van der Waals surface area contributed by atoms with Crippen LogP contribution >= 0.6 is 0 Å². The lowest BCUT2D eigenvalue weighted by Gasteiger charge is -2.29. The van der Waals surface area contributed by atoms with Gasteiger partial charge in [0.1, 0.15) is 4.90 Å². The molecule has 0 unspecified atom stereocenters. The molecule has 1 saturated heterocycles. The van der Waals surface area contributed by atoms with E-state index < -0.39 is 10.0 Å². The van der Waals surface area contributed by atoms with Crippen LogP contribution in [0.4, 0.5) is 11.4 Å². The molecular formula is C10H15N3O3S. The first kappa shape index (κ1) is 12.2. The fraction of sp³-hybridized carbons (Fsp3) is 0.400. The fourth-order valence-electron chi connectivity index (χ4n) is 1.75. The molecule has 0 atom stereocenters. The minimum atomic E-state index is -3.81. The summed E-state index contributed by atoms with van der Waals surface area (Å²) in [4.78, 5) is 5.41. The Morgan fingerprint density at radius 3 is 2.65 bits per heavy atom. The summed E-state index contributed by atoms with van der Waals surface area (Å²) >= 11 is 0. The maximum absolute atomic E-state index is 11.5. The van der Waals surface area contributed by atoms with Crippen molar-refractivity contribution in [2.75, 3.05) is 23.9 Å². The van der Waals surface area contributed by atoms with Crippen molar-refractivity contribution >= 4 is 21.4 Å². The van der Waals surface area contributed by atoms with Crippen LogP contribution in [0.15, 0.2) is 23.1 Å². The SMILES string of the molecule is Nc1ccc(N2CCCCO2)c(S(N)(=O)=O)c1. The van der Waals surface area contributed by atoms with E-state index in [9.17, 15) is 8.42 Å². The second-order valence-electron chi connectivity index (χ2n) is 3.91. The zero-order chi connectivity index (χ0) is 12.5. The standard InChI is InChI=1S/C10H15N3O3S/c11-8-3-4-9(10(7-8)17(12,14)15)13-5-1-2-6-16-13/h3-4,7H,1-2,5-6,11H2,(H2,12,14,15). The number of primary sulfonamides is 1. The van der Waals surface area contributed by atoms with Gasteiger partial charge in [0.05, 0.1) is 12.3 Å². The Labute approximate surface area is 100 Å². The molecule has 17 heavy (non-hydrogen) atoms. The van der Waals surface area contributed by atoms with Crippen LogP contribution in [0.3, 0.4) is 0 Å². The summed E-state index contributed by atoms with van der Waals surface area (Å²) in [5, 5.41) is 6.73. The van der Waals surface area contributed by atoms with Gasteiger partial charge in [0, 0.05) is 12.2 Å². The predicted octanol–water partition coefficient (Wildman–Crippen LogP) is 0.448. The van der Waals surface area contributed by atoms with Crippen molar-refractivity contribution < 1.29 is 13.3 Å². The number of hydroxylamine groups is 1. The third-order valence-corrected chi connectivity index (χ3v) is 3.50. The van der Waals surface area contributed by atoms with E-state index >= 15 is 0 Å². The minimum Gasteiger partial charge on any atom is -0.399 e. The summed E-state index contributed by atoms with van der Waals surface area (Å²) in [6, 6.07) is 4.59. The Hall–Kier alpha value is -1.31. The molecule has 1 fully saturated rings. The Balaban J connectivity index is 2.45. The van der Waals surface area contributed by atoms with E-state index in [2.05, 4.69) is 0 Å². The number of nitrogen functional groups attached to an aromatic ring is 1. The summed E-state index contributed by atoms with van der Waals surface area (Å²) in [6.07, 6.45) is 1.92. The predicted molar refractivity (Wildman–Crippen MR) is 64.8 cm³/mol. The highest BCUT2D eigenvalue weighted by Gasteiger charge is 2.21. The molecule has 6 nitrogen and oxygen atoms in total. The zero-order valence-electron chi connectivity index (χ0n) is 9.30. The number of benzene rings is 1. The lowest BCUT2D eigenvalue weighted by atomic mass is 10.2. The highest BCUT2D eigenvalue weighted by atomic mass is 32.2. The van der Waals surface area contributed by atoms with Crippen molar-refractivity contribution in [1.29, 1.82) is 0 Å². The molecule has 1 aromatic carbocycles. The molecule has 4 N–H and O–H groups in total. The monoisotopic (exact) mass is 257 g/mol. The van der Waals surface area contributed by atoms with Gasteiger partial charge < -0.3 is 5.73 Å². The van der Waals surface area contributed by atoms with E-state index in [1.165, 1.54) is 6.07 Å². The van der Waals surface area contributed by atoms with Crippen molar-refractivity contribution in [3.63, 3.8) is 0 Å². The molecule has 2 rings (SSSR count). The fourth-order valence-corrected chi connectivity index (χ4v) is 2.51. The summed E-state index contributed by atoms with van der Waals surface area (Å²) in [5.41, 5.74) is 6.38. The molecule has 0 aliphatic carbocycles. The van der Waals surface area contributed by atoms with Gasteiger partial charge in [0.25, 0.3) is 0 Å². The second-order valence-corrected chi connectivity index (χ2v) is 5.44. The quantitative estimate of drug-likeness (QED) is 0.749. The van der Waals surface area contributed by atoms with Gasteiger partial charge in [-0.25, -0.2) is 13.6 Å². The van der Waals surface area contributed by atoms with Gasteiger partial charge in [-0.3, -0.25) is 9.90 Å². The lowest BCUT2D eigenvalue weighted by Crippen LogP contribution is -2.31. The van der Waals surface area contributed by atoms with Crippen molar-refractivity contribution in [2.45, 2.75) is 17.7 Å². The maximum Gasteiger partial charge on any atom is 0.240 e. The van der Waals surface area contributed by atoms with E-state index in [0.717, 1.165) is 12.8 Å². The molecule has 0 spiro atoms. The van der Waals surface area contributed by atoms with E-state index in [1.807, 2.05) is 0 Å². The first-order chi connectivity index (χ1) is 7.98. The van der Waals surface area contributed by atoms with Crippen molar-refractivity contribution in [1.82, 2.24) is 0 Å². The first-order valence-electron chi connectivity index (χ1n) is 5.31. The molecule has 0 aromatic heterocycles. The van der Waals surface area contributed by atoms with E-state index in [-0.39, 0.29) is 4.90 Å². The normalized spacial score (nSPS) is 17.1. The highest BCUT2D eigenvalue weighted by Crippen LogP contribution is 2.28. The van der Waals surface area contributed by atoms with Crippen LogP contribution in [0, 0.1) is 0 Å².